The van der Waals surface area contributed by atoms with E-state index in [2.05, 4.69) is 26.1 Å². The molecule has 2 aromatic rings. The fourth-order valence-corrected chi connectivity index (χ4v) is 5.64. The molecule has 2 aliphatic carbocycles. The third kappa shape index (κ3) is 6.24. The molecule has 0 radical (unpaired) electrons. The first-order valence-corrected chi connectivity index (χ1v) is 13.0. The van der Waals surface area contributed by atoms with Crippen LogP contribution in [0, 0.1) is 5.92 Å². The zero-order chi connectivity index (χ0) is 23.2. The van der Waals surface area contributed by atoms with Crippen LogP contribution < -0.4 is 11.1 Å². The molecule has 2 fully saturated rings. The van der Waals surface area contributed by atoms with Gasteiger partial charge >= 0.3 is 0 Å². The Morgan fingerprint density at radius 1 is 0.939 bits per heavy atom. The first kappa shape index (κ1) is 24.0. The average Bonchev–Trinajstić information content (AvgIpc) is 2.84. The Hall–Kier alpha value is -2.18. The molecule has 0 saturated heterocycles. The molecule has 33 heavy (non-hydrogen) atoms. The second kappa shape index (κ2) is 11.3. The Labute approximate surface area is 205 Å². The second-order valence-electron chi connectivity index (χ2n) is 9.50. The van der Waals surface area contributed by atoms with E-state index in [1.807, 2.05) is 42.5 Å². The first-order valence-electron chi connectivity index (χ1n) is 12.2. The van der Waals surface area contributed by atoms with Crippen molar-refractivity contribution in [2.75, 3.05) is 5.32 Å². The molecular weight excluding hydrogens is 478 g/mol. The summed E-state index contributed by atoms with van der Waals surface area (Å²) in [6.45, 7) is 0.577. The number of nitrogens with one attached hydrogen (secondary N) is 1. The van der Waals surface area contributed by atoms with Gasteiger partial charge in [0.1, 0.15) is 0 Å². The van der Waals surface area contributed by atoms with E-state index < -0.39 is 0 Å². The Morgan fingerprint density at radius 2 is 1.67 bits per heavy atom. The van der Waals surface area contributed by atoms with E-state index in [0.717, 1.165) is 67.1 Å². The number of amides is 2. The minimum absolute atomic E-state index is 0.146. The van der Waals surface area contributed by atoms with Crippen molar-refractivity contribution < 1.29 is 9.59 Å². The van der Waals surface area contributed by atoms with Gasteiger partial charge in [-0.15, -0.1) is 0 Å². The van der Waals surface area contributed by atoms with E-state index in [1.165, 1.54) is 6.42 Å². The number of nitrogens with two attached hydrogens (primary N) is 1. The number of halogens is 1. The van der Waals surface area contributed by atoms with E-state index in [9.17, 15) is 9.59 Å². The van der Waals surface area contributed by atoms with Crippen LogP contribution in [0.4, 0.5) is 5.69 Å². The van der Waals surface area contributed by atoms with Crippen LogP contribution in [0.1, 0.15) is 73.7 Å². The molecular formula is C27H34BrN3O2. The third-order valence-electron chi connectivity index (χ3n) is 7.08. The lowest BCUT2D eigenvalue weighted by molar-refractivity contribution is -0.140. The van der Waals surface area contributed by atoms with Crippen LogP contribution in [0.2, 0.25) is 0 Å². The number of hydrogen-bond donors (Lipinski definition) is 2. The quantitative estimate of drug-likeness (QED) is 0.508. The highest BCUT2D eigenvalue weighted by Crippen LogP contribution is 2.31. The van der Waals surface area contributed by atoms with Gasteiger partial charge in [0.2, 0.25) is 5.91 Å². The minimum Gasteiger partial charge on any atom is -0.335 e. The van der Waals surface area contributed by atoms with Crippen LogP contribution in [-0.4, -0.2) is 28.8 Å². The Morgan fingerprint density at radius 3 is 2.39 bits per heavy atom. The lowest BCUT2D eigenvalue weighted by Gasteiger charge is -2.39. The molecule has 3 N–H and O–H groups in total. The van der Waals surface area contributed by atoms with Gasteiger partial charge < -0.3 is 16.0 Å². The van der Waals surface area contributed by atoms with Gasteiger partial charge in [0.25, 0.3) is 5.91 Å². The topological polar surface area (TPSA) is 75.4 Å². The Balaban J connectivity index is 1.50. The maximum absolute atomic E-state index is 13.6. The van der Waals surface area contributed by atoms with Gasteiger partial charge in [0, 0.05) is 34.7 Å². The largest absolute Gasteiger partial charge is 0.335 e. The van der Waals surface area contributed by atoms with E-state index in [1.54, 1.807) is 6.07 Å². The fourth-order valence-electron chi connectivity index (χ4n) is 5.17. The first-order chi connectivity index (χ1) is 16.0. The van der Waals surface area contributed by atoms with Gasteiger partial charge in [-0.1, -0.05) is 43.5 Å². The molecule has 176 valence electrons. The molecule has 2 saturated carbocycles. The lowest BCUT2D eigenvalue weighted by Crippen LogP contribution is -2.46. The summed E-state index contributed by atoms with van der Waals surface area (Å²) < 4.78 is 0.762. The van der Waals surface area contributed by atoms with Gasteiger partial charge in [0.05, 0.1) is 5.56 Å². The minimum atomic E-state index is -0.156. The maximum atomic E-state index is 13.6. The molecule has 0 aliphatic heterocycles. The maximum Gasteiger partial charge on any atom is 0.256 e. The standard InChI is InChI=1S/C27H34BrN3O2/c28-25-12-5-4-11-24(25)26(32)30-22-10-6-7-19(17-22)18-31(23-15-13-21(29)14-16-23)27(33)20-8-2-1-3-9-20/h4-7,10-12,17,20-21,23H,1-3,8-9,13-16,18,29H2,(H,30,32). The number of carbonyl (C=O) groups excluding carboxylic acids is 2. The van der Waals surface area contributed by atoms with Crippen molar-refractivity contribution >= 4 is 33.4 Å². The monoisotopic (exact) mass is 511 g/mol. The van der Waals surface area contributed by atoms with Crippen molar-refractivity contribution in [1.29, 1.82) is 0 Å². The molecule has 0 spiro atoms. The van der Waals surface area contributed by atoms with Gasteiger partial charge in [0.15, 0.2) is 0 Å². The van der Waals surface area contributed by atoms with E-state index >= 15 is 0 Å². The zero-order valence-corrected chi connectivity index (χ0v) is 20.7. The Bertz CT molecular complexity index is 965. The van der Waals surface area contributed by atoms with Crippen LogP contribution in [0.5, 0.6) is 0 Å². The zero-order valence-electron chi connectivity index (χ0n) is 19.1. The van der Waals surface area contributed by atoms with Gasteiger partial charge in [-0.3, -0.25) is 9.59 Å². The summed E-state index contributed by atoms with van der Waals surface area (Å²) in [6.07, 6.45) is 9.43. The number of nitrogens with zero attached hydrogens (tertiary/aromatic N) is 1. The van der Waals surface area contributed by atoms with Gasteiger partial charge in [-0.25, -0.2) is 0 Å². The highest BCUT2D eigenvalue weighted by atomic mass is 79.9. The fraction of sp³-hybridized carbons (Fsp3) is 0.481. The molecule has 2 amide bonds. The van der Waals surface area contributed by atoms with Crippen LogP contribution in [-0.2, 0) is 11.3 Å². The predicted molar refractivity (Wildman–Crippen MR) is 136 cm³/mol. The SMILES string of the molecule is NC1CCC(N(Cc2cccc(NC(=O)c3ccccc3Br)c2)C(=O)C2CCCCC2)CC1. The summed E-state index contributed by atoms with van der Waals surface area (Å²) in [7, 11) is 0. The van der Waals surface area contributed by atoms with Crippen molar-refractivity contribution in [2.45, 2.75) is 76.4 Å². The molecule has 0 atom stereocenters. The molecule has 6 heteroatoms. The van der Waals surface area contributed by atoms with Gasteiger partial charge in [-0.2, -0.15) is 0 Å². The normalized spacial score (nSPS) is 21.4. The molecule has 2 aliphatic rings. The molecule has 0 bridgehead atoms. The summed E-state index contributed by atoms with van der Waals surface area (Å²) in [5, 5.41) is 3.00. The van der Waals surface area contributed by atoms with Crippen LogP contribution in [0.25, 0.3) is 0 Å². The predicted octanol–water partition coefficient (Wildman–Crippen LogP) is 5.88. The van der Waals surface area contributed by atoms with Crippen molar-refractivity contribution in [3.05, 3.63) is 64.1 Å². The van der Waals surface area contributed by atoms with Gasteiger partial charge in [-0.05, 0) is 84.3 Å². The van der Waals surface area contributed by atoms with Crippen LogP contribution in [0.15, 0.2) is 53.0 Å². The molecule has 2 aromatic carbocycles. The van der Waals surface area contributed by atoms with Crippen molar-refractivity contribution in [3.63, 3.8) is 0 Å². The van der Waals surface area contributed by atoms with E-state index in [4.69, 9.17) is 5.73 Å². The lowest BCUT2D eigenvalue weighted by atomic mass is 9.85. The highest BCUT2D eigenvalue weighted by Gasteiger charge is 2.32. The number of carbonyl (C=O) groups is 2. The molecule has 5 nitrogen and oxygen atoms in total. The van der Waals surface area contributed by atoms with Crippen molar-refractivity contribution in [3.8, 4) is 0 Å². The number of rotatable bonds is 6. The summed E-state index contributed by atoms with van der Waals surface area (Å²) in [5.74, 6) is 0.293. The molecule has 0 unspecified atom stereocenters. The van der Waals surface area contributed by atoms with E-state index in [-0.39, 0.29) is 23.9 Å². The summed E-state index contributed by atoms with van der Waals surface area (Å²) in [5.41, 5.74) is 8.52. The highest BCUT2D eigenvalue weighted by molar-refractivity contribution is 9.10. The Kier molecular flexibility index (Phi) is 8.20. The third-order valence-corrected chi connectivity index (χ3v) is 7.77. The second-order valence-corrected chi connectivity index (χ2v) is 10.4. The number of benzene rings is 2. The van der Waals surface area contributed by atoms with Crippen molar-refractivity contribution in [1.82, 2.24) is 4.90 Å². The molecule has 0 heterocycles. The average molecular weight is 512 g/mol. The van der Waals surface area contributed by atoms with Crippen LogP contribution in [0.3, 0.4) is 0 Å². The molecule has 0 aromatic heterocycles. The molecule has 4 rings (SSSR count). The summed E-state index contributed by atoms with van der Waals surface area (Å²) in [4.78, 5) is 28.5. The smallest absolute Gasteiger partial charge is 0.256 e. The summed E-state index contributed by atoms with van der Waals surface area (Å²) >= 11 is 3.45. The van der Waals surface area contributed by atoms with E-state index in [0.29, 0.717) is 18.0 Å². The number of anilines is 1. The van der Waals surface area contributed by atoms with Crippen molar-refractivity contribution in [2.24, 2.45) is 11.7 Å². The number of hydrogen-bond acceptors (Lipinski definition) is 3. The summed E-state index contributed by atoms with van der Waals surface area (Å²) in [6, 6.07) is 15.8. The van der Waals surface area contributed by atoms with Crippen LogP contribution >= 0.6 is 15.9 Å².